The largest absolute Gasteiger partial charge is 0.252 e. The average Bonchev–Trinajstić information content (AvgIpc) is 2.17. The molecule has 0 radical (unpaired) electrons. The molecule has 0 bridgehead atoms. The molecule has 0 saturated carbocycles. The van der Waals surface area contributed by atoms with Crippen LogP contribution in [0.1, 0.15) is 32.0 Å². The Morgan fingerprint density at radius 1 is 1.18 bits per heavy atom. The molecule has 0 aliphatic carbocycles. The van der Waals surface area contributed by atoms with Crippen molar-refractivity contribution in [2.75, 3.05) is 0 Å². The molecule has 3 heteroatoms. The highest BCUT2D eigenvalue weighted by molar-refractivity contribution is 6.35. The number of aromatic nitrogens is 1. The van der Waals surface area contributed by atoms with Crippen molar-refractivity contribution in [3.8, 4) is 0 Å². The Bertz CT molecular complexity index is 585. The molecule has 0 aliphatic rings. The lowest BCUT2D eigenvalue weighted by Crippen LogP contribution is -2.13. The predicted octanol–water partition coefficient (Wildman–Crippen LogP) is 4.63. The molecule has 2 aromatic rings. The molecule has 0 fully saturated rings. The number of rotatable bonds is 0. The predicted molar refractivity (Wildman–Crippen MR) is 70.1 cm³/mol. The smallest absolute Gasteiger partial charge is 0.124 e. The number of nitrogens with zero attached hydrogens (tertiary/aromatic N) is 1. The molecule has 17 heavy (non-hydrogen) atoms. The highest BCUT2D eigenvalue weighted by Crippen LogP contribution is 2.30. The Labute approximate surface area is 106 Å². The second-order valence-corrected chi connectivity index (χ2v) is 5.77. The normalized spacial score (nSPS) is 12.1. The number of halogens is 2. The minimum atomic E-state index is -0.276. The van der Waals surface area contributed by atoms with Crippen LogP contribution >= 0.6 is 11.6 Å². The van der Waals surface area contributed by atoms with E-state index >= 15 is 0 Å². The molecule has 1 aromatic carbocycles. The lowest BCUT2D eigenvalue weighted by Gasteiger charge is -2.19. The van der Waals surface area contributed by atoms with Crippen molar-refractivity contribution in [1.29, 1.82) is 0 Å². The highest BCUT2D eigenvalue weighted by Gasteiger charge is 2.18. The Kier molecular flexibility index (Phi) is 2.86. The number of pyridine rings is 1. The number of hydrogen-bond acceptors (Lipinski definition) is 1. The maximum atomic E-state index is 13.3. The lowest BCUT2D eigenvalue weighted by atomic mass is 9.91. The Morgan fingerprint density at radius 3 is 2.41 bits per heavy atom. The van der Waals surface area contributed by atoms with Crippen molar-refractivity contribution < 1.29 is 4.39 Å². The van der Waals surface area contributed by atoms with Gasteiger partial charge in [0, 0.05) is 16.5 Å². The summed E-state index contributed by atoms with van der Waals surface area (Å²) in [6.45, 7) is 8.09. The van der Waals surface area contributed by atoms with E-state index < -0.39 is 0 Å². The van der Waals surface area contributed by atoms with E-state index in [2.05, 4.69) is 25.8 Å². The first-order valence-electron chi connectivity index (χ1n) is 5.56. The van der Waals surface area contributed by atoms with Gasteiger partial charge in [0.2, 0.25) is 0 Å². The summed E-state index contributed by atoms with van der Waals surface area (Å²) in [5, 5.41) is 1.24. The standard InChI is InChI=1S/C14H15ClFN/c1-8-5-9(16)6-10-11(15)7-12(14(2,3)4)17-13(8)10/h5-7H,1-4H3. The van der Waals surface area contributed by atoms with Crippen LogP contribution in [0.15, 0.2) is 18.2 Å². The SMILES string of the molecule is Cc1cc(F)cc2c(Cl)cc(C(C)(C)C)nc12. The molecule has 0 unspecified atom stereocenters. The van der Waals surface area contributed by atoms with Crippen LogP contribution in [0.2, 0.25) is 5.02 Å². The van der Waals surface area contributed by atoms with Gasteiger partial charge in [0.1, 0.15) is 5.82 Å². The minimum absolute atomic E-state index is 0.0708. The van der Waals surface area contributed by atoms with Gasteiger partial charge in [0.15, 0.2) is 0 Å². The third-order valence-electron chi connectivity index (χ3n) is 2.79. The molecule has 0 N–H and O–H groups in total. The first-order chi connectivity index (χ1) is 7.79. The van der Waals surface area contributed by atoms with Gasteiger partial charge in [-0.15, -0.1) is 0 Å². The van der Waals surface area contributed by atoms with Gasteiger partial charge in [0.05, 0.1) is 10.5 Å². The van der Waals surface area contributed by atoms with Crippen LogP contribution in [-0.4, -0.2) is 4.98 Å². The van der Waals surface area contributed by atoms with Crippen LogP contribution in [0.4, 0.5) is 4.39 Å². The van der Waals surface area contributed by atoms with Crippen molar-refractivity contribution in [2.45, 2.75) is 33.1 Å². The summed E-state index contributed by atoms with van der Waals surface area (Å²) in [6.07, 6.45) is 0. The van der Waals surface area contributed by atoms with Crippen molar-refractivity contribution in [3.05, 3.63) is 40.3 Å². The molecule has 2 rings (SSSR count). The zero-order valence-electron chi connectivity index (χ0n) is 10.4. The van der Waals surface area contributed by atoms with Gasteiger partial charge in [-0.1, -0.05) is 32.4 Å². The van der Waals surface area contributed by atoms with Crippen molar-refractivity contribution in [2.24, 2.45) is 0 Å². The number of aryl methyl sites for hydroxylation is 1. The molecule has 1 nitrogen and oxygen atoms in total. The minimum Gasteiger partial charge on any atom is -0.252 e. The molecule has 1 heterocycles. The zero-order valence-corrected chi connectivity index (χ0v) is 11.2. The fraction of sp³-hybridized carbons (Fsp3) is 0.357. The maximum Gasteiger partial charge on any atom is 0.124 e. The van der Waals surface area contributed by atoms with Crippen molar-refractivity contribution in [1.82, 2.24) is 4.98 Å². The van der Waals surface area contributed by atoms with E-state index in [1.54, 1.807) is 0 Å². The third kappa shape index (κ3) is 2.27. The van der Waals surface area contributed by atoms with Gasteiger partial charge in [-0.05, 0) is 30.7 Å². The van der Waals surface area contributed by atoms with E-state index in [4.69, 9.17) is 11.6 Å². The molecule has 0 amide bonds. The van der Waals surface area contributed by atoms with Gasteiger partial charge < -0.3 is 0 Å². The summed E-state index contributed by atoms with van der Waals surface area (Å²) >= 11 is 6.21. The summed E-state index contributed by atoms with van der Waals surface area (Å²) in [6, 6.07) is 4.74. The summed E-state index contributed by atoms with van der Waals surface area (Å²) in [7, 11) is 0. The molecular formula is C14H15ClFN. The van der Waals surface area contributed by atoms with Crippen LogP contribution in [0.3, 0.4) is 0 Å². The van der Waals surface area contributed by atoms with E-state index in [-0.39, 0.29) is 11.2 Å². The third-order valence-corrected chi connectivity index (χ3v) is 3.10. The van der Waals surface area contributed by atoms with Gasteiger partial charge >= 0.3 is 0 Å². The van der Waals surface area contributed by atoms with Gasteiger partial charge in [0.25, 0.3) is 0 Å². The van der Waals surface area contributed by atoms with Crippen LogP contribution < -0.4 is 0 Å². The number of hydrogen-bond donors (Lipinski definition) is 0. The van der Waals surface area contributed by atoms with E-state index in [9.17, 15) is 4.39 Å². The molecule has 0 atom stereocenters. The topological polar surface area (TPSA) is 12.9 Å². The van der Waals surface area contributed by atoms with Crippen LogP contribution in [0.5, 0.6) is 0 Å². The lowest BCUT2D eigenvalue weighted by molar-refractivity contribution is 0.571. The summed E-state index contributed by atoms with van der Waals surface area (Å²) in [5.41, 5.74) is 2.44. The summed E-state index contributed by atoms with van der Waals surface area (Å²) in [4.78, 5) is 4.60. The second-order valence-electron chi connectivity index (χ2n) is 5.36. The van der Waals surface area contributed by atoms with E-state index in [0.717, 1.165) is 16.8 Å². The van der Waals surface area contributed by atoms with E-state index in [0.29, 0.717) is 10.4 Å². The van der Waals surface area contributed by atoms with Crippen molar-refractivity contribution >= 4 is 22.5 Å². The highest BCUT2D eigenvalue weighted by atomic mass is 35.5. The summed E-state index contributed by atoms with van der Waals surface area (Å²) in [5.74, 6) is -0.276. The average molecular weight is 252 g/mol. The first kappa shape index (κ1) is 12.3. The number of fused-ring (bicyclic) bond motifs is 1. The summed E-state index contributed by atoms with van der Waals surface area (Å²) < 4.78 is 13.3. The molecule has 0 spiro atoms. The molecular weight excluding hydrogens is 237 g/mol. The molecule has 1 aromatic heterocycles. The quantitative estimate of drug-likeness (QED) is 0.665. The second kappa shape index (κ2) is 3.95. The van der Waals surface area contributed by atoms with Crippen LogP contribution in [0.25, 0.3) is 10.9 Å². The van der Waals surface area contributed by atoms with Crippen molar-refractivity contribution in [3.63, 3.8) is 0 Å². The van der Waals surface area contributed by atoms with E-state index in [1.165, 1.54) is 12.1 Å². The maximum absolute atomic E-state index is 13.3. The molecule has 0 aliphatic heterocycles. The Balaban J connectivity index is 2.83. The first-order valence-corrected chi connectivity index (χ1v) is 5.94. The molecule has 90 valence electrons. The van der Waals surface area contributed by atoms with Gasteiger partial charge in [-0.2, -0.15) is 0 Å². The fourth-order valence-corrected chi connectivity index (χ4v) is 2.05. The Morgan fingerprint density at radius 2 is 1.82 bits per heavy atom. The monoisotopic (exact) mass is 251 g/mol. The fourth-order valence-electron chi connectivity index (χ4n) is 1.80. The zero-order chi connectivity index (χ0) is 12.8. The number of benzene rings is 1. The van der Waals surface area contributed by atoms with E-state index in [1.807, 2.05) is 13.0 Å². The Hall–Kier alpha value is -1.15. The van der Waals surface area contributed by atoms with Crippen LogP contribution in [-0.2, 0) is 5.41 Å². The molecule has 0 saturated heterocycles. The van der Waals surface area contributed by atoms with Crippen LogP contribution in [0, 0.1) is 12.7 Å². The van der Waals surface area contributed by atoms with Gasteiger partial charge in [-0.3, -0.25) is 4.98 Å². The van der Waals surface area contributed by atoms with Gasteiger partial charge in [-0.25, -0.2) is 4.39 Å².